The molecule has 0 aliphatic rings. The summed E-state index contributed by atoms with van der Waals surface area (Å²) in [5, 5.41) is 0. The molecule has 3 heteroatoms. The molecule has 0 aliphatic carbocycles. The first-order valence-electron chi connectivity index (χ1n) is 6.27. The second-order valence-electron chi connectivity index (χ2n) is 5.44. The molecule has 0 radical (unpaired) electrons. The van der Waals surface area contributed by atoms with Crippen molar-refractivity contribution < 1.29 is 9.53 Å². The van der Waals surface area contributed by atoms with Crippen molar-refractivity contribution in [3.8, 4) is 0 Å². The quantitative estimate of drug-likeness (QED) is 0.683. The number of nitrogens with two attached hydrogens (primary N) is 1. The summed E-state index contributed by atoms with van der Waals surface area (Å²) in [6.45, 7) is 10.8. The molecule has 0 heterocycles. The number of rotatable bonds is 7. The van der Waals surface area contributed by atoms with Gasteiger partial charge in [-0.05, 0) is 31.6 Å². The number of ether oxygens (including phenoxy) is 1. The van der Waals surface area contributed by atoms with Gasteiger partial charge in [0.1, 0.15) is 0 Å². The normalized spacial score (nSPS) is 15.2. The molecular weight excluding hydrogens is 202 g/mol. The molecule has 16 heavy (non-hydrogen) atoms. The number of carbonyl (C=O) groups excluding carboxylic acids is 1. The second kappa shape index (κ2) is 7.66. The molecule has 3 nitrogen and oxygen atoms in total. The van der Waals surface area contributed by atoms with Gasteiger partial charge >= 0.3 is 5.97 Å². The van der Waals surface area contributed by atoms with Crippen molar-refractivity contribution in [2.45, 2.75) is 53.6 Å². The Morgan fingerprint density at radius 2 is 1.56 bits per heavy atom. The number of hydrogen-bond acceptors (Lipinski definition) is 3. The Kier molecular flexibility index (Phi) is 7.39. The lowest BCUT2D eigenvalue weighted by Crippen LogP contribution is -2.30. The maximum atomic E-state index is 11.8. The Morgan fingerprint density at radius 1 is 1.06 bits per heavy atom. The van der Waals surface area contributed by atoms with Gasteiger partial charge in [-0.25, -0.2) is 0 Å². The molecule has 0 spiro atoms. The molecule has 0 bridgehead atoms. The van der Waals surface area contributed by atoms with E-state index in [0.717, 1.165) is 12.8 Å². The summed E-state index contributed by atoms with van der Waals surface area (Å²) in [7, 11) is 0. The largest absolute Gasteiger partial charge is 0.462 e. The number of esters is 1. The van der Waals surface area contributed by atoms with Crippen molar-refractivity contribution in [2.24, 2.45) is 23.5 Å². The number of carbonyl (C=O) groups is 1. The standard InChI is InChI=1S/C13H27NO2/c1-9(2)6-11(5)16-13(15)12(8-14)7-10(3)4/h9-12H,6-8,14H2,1-5H3. The van der Waals surface area contributed by atoms with E-state index in [1.807, 2.05) is 6.92 Å². The molecule has 0 aromatic carbocycles. The summed E-state index contributed by atoms with van der Waals surface area (Å²) < 4.78 is 5.40. The molecule has 96 valence electrons. The summed E-state index contributed by atoms with van der Waals surface area (Å²) in [6.07, 6.45) is 1.71. The van der Waals surface area contributed by atoms with Crippen LogP contribution in [0.5, 0.6) is 0 Å². The van der Waals surface area contributed by atoms with Crippen LogP contribution >= 0.6 is 0 Å². The van der Waals surface area contributed by atoms with Gasteiger partial charge in [0.2, 0.25) is 0 Å². The van der Waals surface area contributed by atoms with Gasteiger partial charge in [-0.3, -0.25) is 4.79 Å². The average Bonchev–Trinajstić information content (AvgIpc) is 2.11. The van der Waals surface area contributed by atoms with Crippen molar-refractivity contribution in [3.05, 3.63) is 0 Å². The zero-order valence-electron chi connectivity index (χ0n) is 11.3. The minimum Gasteiger partial charge on any atom is -0.462 e. The highest BCUT2D eigenvalue weighted by Crippen LogP contribution is 2.15. The Labute approximate surface area is 99.7 Å². The smallest absolute Gasteiger partial charge is 0.310 e. The molecule has 0 amide bonds. The fourth-order valence-electron chi connectivity index (χ4n) is 1.86. The van der Waals surface area contributed by atoms with Crippen LogP contribution < -0.4 is 5.73 Å². The lowest BCUT2D eigenvalue weighted by atomic mass is 9.97. The Bertz CT molecular complexity index is 202. The van der Waals surface area contributed by atoms with Crippen LogP contribution in [0.2, 0.25) is 0 Å². The van der Waals surface area contributed by atoms with Crippen molar-refractivity contribution in [2.75, 3.05) is 6.54 Å². The highest BCUT2D eigenvalue weighted by molar-refractivity contribution is 5.72. The zero-order valence-corrected chi connectivity index (χ0v) is 11.3. The van der Waals surface area contributed by atoms with Crippen molar-refractivity contribution in [1.82, 2.24) is 0 Å². The van der Waals surface area contributed by atoms with Gasteiger partial charge < -0.3 is 10.5 Å². The van der Waals surface area contributed by atoms with Crippen LogP contribution in [0.4, 0.5) is 0 Å². The van der Waals surface area contributed by atoms with E-state index < -0.39 is 0 Å². The molecule has 0 aliphatic heterocycles. The second-order valence-corrected chi connectivity index (χ2v) is 5.44. The molecule has 0 aromatic heterocycles. The van der Waals surface area contributed by atoms with Gasteiger partial charge in [0, 0.05) is 6.54 Å². The van der Waals surface area contributed by atoms with Crippen molar-refractivity contribution in [3.63, 3.8) is 0 Å². The SMILES string of the molecule is CC(C)CC(C)OC(=O)C(CN)CC(C)C. The fraction of sp³-hybridized carbons (Fsp3) is 0.923. The lowest BCUT2D eigenvalue weighted by Gasteiger charge is -2.20. The summed E-state index contributed by atoms with van der Waals surface area (Å²) >= 11 is 0. The molecule has 2 atom stereocenters. The predicted molar refractivity (Wildman–Crippen MR) is 67.0 cm³/mol. The fourth-order valence-corrected chi connectivity index (χ4v) is 1.86. The Hall–Kier alpha value is -0.570. The summed E-state index contributed by atoms with van der Waals surface area (Å²) in [6, 6.07) is 0. The van der Waals surface area contributed by atoms with Crippen LogP contribution in [0, 0.1) is 17.8 Å². The summed E-state index contributed by atoms with van der Waals surface area (Å²) in [4.78, 5) is 11.8. The first-order valence-corrected chi connectivity index (χ1v) is 6.27. The van der Waals surface area contributed by atoms with Crippen LogP contribution in [-0.4, -0.2) is 18.6 Å². The maximum absolute atomic E-state index is 11.8. The molecule has 0 fully saturated rings. The van der Waals surface area contributed by atoms with E-state index >= 15 is 0 Å². The molecule has 2 N–H and O–H groups in total. The number of hydrogen-bond donors (Lipinski definition) is 1. The minimum absolute atomic E-state index is 0.00582. The zero-order chi connectivity index (χ0) is 12.7. The monoisotopic (exact) mass is 229 g/mol. The van der Waals surface area contributed by atoms with Crippen LogP contribution in [0.15, 0.2) is 0 Å². The first-order chi connectivity index (χ1) is 7.36. The Morgan fingerprint density at radius 3 is 1.94 bits per heavy atom. The highest BCUT2D eigenvalue weighted by atomic mass is 16.5. The predicted octanol–water partition coefficient (Wildman–Crippen LogP) is 2.59. The van der Waals surface area contributed by atoms with Gasteiger partial charge in [0.05, 0.1) is 12.0 Å². The van der Waals surface area contributed by atoms with Gasteiger partial charge in [0.25, 0.3) is 0 Å². The van der Waals surface area contributed by atoms with Crippen molar-refractivity contribution in [1.29, 1.82) is 0 Å². The first kappa shape index (κ1) is 15.4. The van der Waals surface area contributed by atoms with Crippen molar-refractivity contribution >= 4 is 5.97 Å². The highest BCUT2D eigenvalue weighted by Gasteiger charge is 2.21. The lowest BCUT2D eigenvalue weighted by molar-refractivity contribution is -0.154. The van der Waals surface area contributed by atoms with Crippen LogP contribution in [-0.2, 0) is 9.53 Å². The van der Waals surface area contributed by atoms with E-state index in [-0.39, 0.29) is 18.0 Å². The molecule has 0 rings (SSSR count). The van der Waals surface area contributed by atoms with Crippen LogP contribution in [0.25, 0.3) is 0 Å². The van der Waals surface area contributed by atoms with Gasteiger partial charge in [-0.1, -0.05) is 27.7 Å². The Balaban J connectivity index is 4.10. The summed E-state index contributed by atoms with van der Waals surface area (Å²) in [5.41, 5.74) is 5.60. The van der Waals surface area contributed by atoms with E-state index in [2.05, 4.69) is 27.7 Å². The summed E-state index contributed by atoms with van der Waals surface area (Å²) in [5.74, 6) is 0.740. The van der Waals surface area contributed by atoms with E-state index in [9.17, 15) is 4.79 Å². The molecule has 0 saturated heterocycles. The van der Waals surface area contributed by atoms with Gasteiger partial charge in [-0.15, -0.1) is 0 Å². The maximum Gasteiger partial charge on any atom is 0.310 e. The van der Waals surface area contributed by atoms with E-state index in [0.29, 0.717) is 18.4 Å². The van der Waals surface area contributed by atoms with Crippen LogP contribution in [0.1, 0.15) is 47.5 Å². The average molecular weight is 229 g/mol. The van der Waals surface area contributed by atoms with E-state index in [1.54, 1.807) is 0 Å². The molecular formula is C13H27NO2. The van der Waals surface area contributed by atoms with Gasteiger partial charge in [0.15, 0.2) is 0 Å². The topological polar surface area (TPSA) is 52.3 Å². The van der Waals surface area contributed by atoms with E-state index in [1.165, 1.54) is 0 Å². The van der Waals surface area contributed by atoms with Crippen LogP contribution in [0.3, 0.4) is 0 Å². The van der Waals surface area contributed by atoms with Gasteiger partial charge in [-0.2, -0.15) is 0 Å². The third kappa shape index (κ3) is 6.83. The molecule has 0 aromatic rings. The molecule has 2 unspecified atom stereocenters. The van der Waals surface area contributed by atoms with E-state index in [4.69, 9.17) is 10.5 Å². The third-order valence-corrected chi connectivity index (χ3v) is 2.49. The third-order valence-electron chi connectivity index (χ3n) is 2.49. The minimum atomic E-state index is -0.144. The molecule has 0 saturated carbocycles.